The molecule has 2 rings (SSSR count). The number of benzene rings is 1. The van der Waals surface area contributed by atoms with Crippen molar-refractivity contribution in [3.05, 3.63) is 30.0 Å². The van der Waals surface area contributed by atoms with Crippen LogP contribution >= 0.6 is 0 Å². The van der Waals surface area contributed by atoms with Gasteiger partial charge in [-0.2, -0.15) is 0 Å². The second-order valence-corrected chi connectivity index (χ2v) is 4.13. The SMILES string of the molecule is COc1ccc2cc(CCNB(C)O)[nH]c2c1. The van der Waals surface area contributed by atoms with Crippen molar-refractivity contribution in [3.8, 4) is 5.75 Å². The van der Waals surface area contributed by atoms with Crippen molar-refractivity contribution < 1.29 is 9.76 Å². The lowest BCUT2D eigenvalue weighted by Crippen LogP contribution is -2.32. The van der Waals surface area contributed by atoms with Crippen molar-refractivity contribution in [1.82, 2.24) is 10.2 Å². The van der Waals surface area contributed by atoms with Gasteiger partial charge in [0.1, 0.15) is 5.75 Å². The van der Waals surface area contributed by atoms with E-state index in [1.165, 1.54) is 5.39 Å². The molecule has 4 nitrogen and oxygen atoms in total. The monoisotopic (exact) mass is 232 g/mol. The number of methoxy groups -OCH3 is 1. The van der Waals surface area contributed by atoms with Crippen LogP contribution in [0.2, 0.25) is 6.82 Å². The quantitative estimate of drug-likeness (QED) is 0.683. The Hall–Kier alpha value is -1.46. The zero-order valence-corrected chi connectivity index (χ0v) is 10.2. The van der Waals surface area contributed by atoms with Crippen molar-refractivity contribution in [1.29, 1.82) is 0 Å². The van der Waals surface area contributed by atoms with E-state index in [9.17, 15) is 0 Å². The van der Waals surface area contributed by atoms with Crippen molar-refractivity contribution in [2.45, 2.75) is 13.2 Å². The minimum atomic E-state index is -0.459. The van der Waals surface area contributed by atoms with Crippen LogP contribution in [0.25, 0.3) is 10.9 Å². The normalized spacial score (nSPS) is 10.8. The first-order valence-electron chi connectivity index (χ1n) is 5.76. The number of nitrogens with one attached hydrogen (secondary N) is 2. The number of aromatic amines is 1. The minimum absolute atomic E-state index is 0.459. The average Bonchev–Trinajstić information content (AvgIpc) is 2.69. The highest BCUT2D eigenvalue weighted by atomic mass is 16.5. The summed E-state index contributed by atoms with van der Waals surface area (Å²) in [5, 5.41) is 13.3. The lowest BCUT2D eigenvalue weighted by Gasteiger charge is -2.01. The number of fused-ring (bicyclic) bond motifs is 1. The van der Waals surface area contributed by atoms with E-state index in [1.54, 1.807) is 13.9 Å². The molecule has 1 aromatic carbocycles. The third kappa shape index (κ3) is 3.02. The molecule has 0 amide bonds. The number of ether oxygens (including phenoxy) is 1. The molecule has 0 aliphatic heterocycles. The van der Waals surface area contributed by atoms with Crippen LogP contribution in [0.1, 0.15) is 5.69 Å². The van der Waals surface area contributed by atoms with E-state index in [4.69, 9.17) is 9.76 Å². The number of aromatic nitrogens is 1. The zero-order valence-electron chi connectivity index (χ0n) is 10.2. The third-order valence-electron chi connectivity index (χ3n) is 2.72. The molecular formula is C12H17BN2O2. The summed E-state index contributed by atoms with van der Waals surface area (Å²) in [6.07, 6.45) is 0.863. The van der Waals surface area contributed by atoms with Crippen LogP contribution in [-0.2, 0) is 6.42 Å². The average molecular weight is 232 g/mol. The maximum Gasteiger partial charge on any atom is 0.373 e. The van der Waals surface area contributed by atoms with Gasteiger partial charge in [-0.1, -0.05) is 0 Å². The predicted molar refractivity (Wildman–Crippen MR) is 70.4 cm³/mol. The predicted octanol–water partition coefficient (Wildman–Crippen LogP) is 1.42. The van der Waals surface area contributed by atoms with Gasteiger partial charge in [-0.3, -0.25) is 0 Å². The van der Waals surface area contributed by atoms with Gasteiger partial charge < -0.3 is 20.0 Å². The molecule has 0 spiro atoms. The largest absolute Gasteiger partial charge is 0.497 e. The highest BCUT2D eigenvalue weighted by molar-refractivity contribution is 6.45. The molecule has 0 fully saturated rings. The molecule has 0 saturated carbocycles. The van der Waals surface area contributed by atoms with Gasteiger partial charge in [-0.05, 0) is 43.4 Å². The van der Waals surface area contributed by atoms with Gasteiger partial charge in [0.2, 0.25) is 0 Å². The Morgan fingerprint density at radius 1 is 1.41 bits per heavy atom. The van der Waals surface area contributed by atoms with Crippen molar-refractivity contribution in [2.24, 2.45) is 0 Å². The molecular weight excluding hydrogens is 215 g/mol. The summed E-state index contributed by atoms with van der Waals surface area (Å²) in [7, 11) is 1.21. The molecule has 90 valence electrons. The maximum absolute atomic E-state index is 9.10. The van der Waals surface area contributed by atoms with Crippen molar-refractivity contribution in [2.75, 3.05) is 13.7 Å². The van der Waals surface area contributed by atoms with E-state index >= 15 is 0 Å². The molecule has 0 unspecified atom stereocenters. The molecule has 17 heavy (non-hydrogen) atoms. The van der Waals surface area contributed by atoms with Gasteiger partial charge in [-0.25, -0.2) is 0 Å². The number of hydrogen-bond donors (Lipinski definition) is 3. The first kappa shape index (κ1) is 12.0. The van der Waals surface area contributed by atoms with E-state index in [1.807, 2.05) is 18.2 Å². The Balaban J connectivity index is 2.09. The Labute approximate surface area is 101 Å². The van der Waals surface area contributed by atoms with Crippen LogP contribution in [0, 0.1) is 0 Å². The molecule has 0 aliphatic carbocycles. The van der Waals surface area contributed by atoms with Gasteiger partial charge in [0.15, 0.2) is 0 Å². The van der Waals surface area contributed by atoms with E-state index < -0.39 is 7.05 Å². The highest BCUT2D eigenvalue weighted by Crippen LogP contribution is 2.21. The van der Waals surface area contributed by atoms with Gasteiger partial charge in [0, 0.05) is 17.3 Å². The fourth-order valence-corrected chi connectivity index (χ4v) is 1.84. The summed E-state index contributed by atoms with van der Waals surface area (Å²) >= 11 is 0. The summed E-state index contributed by atoms with van der Waals surface area (Å²) in [4.78, 5) is 3.34. The summed E-state index contributed by atoms with van der Waals surface area (Å²) in [5.74, 6) is 0.855. The molecule has 0 atom stereocenters. The van der Waals surface area contributed by atoms with Gasteiger partial charge >= 0.3 is 7.05 Å². The Kier molecular flexibility index (Phi) is 3.71. The number of hydrogen-bond acceptors (Lipinski definition) is 3. The summed E-state index contributed by atoms with van der Waals surface area (Å²) < 4.78 is 5.18. The molecule has 2 aromatic rings. The van der Waals surface area contributed by atoms with Crippen LogP contribution < -0.4 is 9.96 Å². The molecule has 1 heterocycles. The molecule has 1 aromatic heterocycles. The van der Waals surface area contributed by atoms with Gasteiger partial charge in [0.25, 0.3) is 0 Å². The third-order valence-corrected chi connectivity index (χ3v) is 2.72. The molecule has 3 N–H and O–H groups in total. The first-order chi connectivity index (χ1) is 8.19. The fraction of sp³-hybridized carbons (Fsp3) is 0.333. The lowest BCUT2D eigenvalue weighted by atomic mass is 9.89. The lowest BCUT2D eigenvalue weighted by molar-refractivity contribution is 0.415. The van der Waals surface area contributed by atoms with Crippen LogP contribution in [0.15, 0.2) is 24.3 Å². The summed E-state index contributed by atoms with van der Waals surface area (Å²) in [6.45, 7) is 2.47. The summed E-state index contributed by atoms with van der Waals surface area (Å²) in [5.41, 5.74) is 2.23. The molecule has 0 bridgehead atoms. The minimum Gasteiger partial charge on any atom is -0.497 e. The Morgan fingerprint density at radius 2 is 2.24 bits per heavy atom. The van der Waals surface area contributed by atoms with E-state index in [-0.39, 0.29) is 0 Å². The highest BCUT2D eigenvalue weighted by Gasteiger charge is 2.04. The van der Waals surface area contributed by atoms with Crippen LogP contribution in [-0.4, -0.2) is 30.7 Å². The van der Waals surface area contributed by atoms with Crippen LogP contribution in [0.5, 0.6) is 5.75 Å². The molecule has 0 saturated heterocycles. The first-order valence-corrected chi connectivity index (χ1v) is 5.76. The van der Waals surface area contributed by atoms with Crippen LogP contribution in [0.4, 0.5) is 0 Å². The molecule has 0 radical (unpaired) electrons. The van der Waals surface area contributed by atoms with Gasteiger partial charge in [-0.15, -0.1) is 0 Å². The fourth-order valence-electron chi connectivity index (χ4n) is 1.84. The van der Waals surface area contributed by atoms with Gasteiger partial charge in [0.05, 0.1) is 7.11 Å². The molecule has 0 aliphatic rings. The Bertz CT molecular complexity index is 496. The maximum atomic E-state index is 9.10. The molecule has 5 heteroatoms. The van der Waals surface area contributed by atoms with Crippen molar-refractivity contribution in [3.63, 3.8) is 0 Å². The number of rotatable bonds is 5. The number of H-pyrrole nitrogens is 1. The zero-order chi connectivity index (χ0) is 12.3. The summed E-state index contributed by atoms with van der Waals surface area (Å²) in [6, 6.07) is 8.10. The topological polar surface area (TPSA) is 57.3 Å². The van der Waals surface area contributed by atoms with E-state index in [2.05, 4.69) is 16.3 Å². The Morgan fingerprint density at radius 3 is 2.94 bits per heavy atom. The van der Waals surface area contributed by atoms with Crippen molar-refractivity contribution >= 4 is 18.0 Å². The van der Waals surface area contributed by atoms with E-state index in [0.29, 0.717) is 0 Å². The second-order valence-electron chi connectivity index (χ2n) is 4.13. The van der Waals surface area contributed by atoms with E-state index in [0.717, 1.165) is 29.9 Å². The smallest absolute Gasteiger partial charge is 0.373 e. The standard InChI is InChI=1S/C12H17BN2O2/c1-13(16)14-6-5-10-7-9-3-4-11(17-2)8-12(9)15-10/h3-4,7-8,14-16H,5-6H2,1-2H3. The second kappa shape index (κ2) is 5.25. The van der Waals surface area contributed by atoms with Crippen LogP contribution in [0.3, 0.4) is 0 Å².